The third kappa shape index (κ3) is 4.02. The Kier molecular flexibility index (Phi) is 5.38. The van der Waals surface area contributed by atoms with Crippen LogP contribution in [0.5, 0.6) is 0 Å². The fourth-order valence-corrected chi connectivity index (χ4v) is 3.48. The van der Waals surface area contributed by atoms with Crippen molar-refractivity contribution in [1.29, 1.82) is 0 Å². The maximum Gasteiger partial charge on any atom is 0.237 e. The van der Waals surface area contributed by atoms with Gasteiger partial charge in [0, 0.05) is 42.8 Å². The summed E-state index contributed by atoms with van der Waals surface area (Å²) in [4.78, 5) is 29.7. The Morgan fingerprint density at radius 2 is 2.16 bits per heavy atom. The molecule has 6 nitrogen and oxygen atoms in total. The molecule has 3 rings (SSSR count). The van der Waals surface area contributed by atoms with Gasteiger partial charge in [-0.1, -0.05) is 18.2 Å². The molecule has 2 amide bonds. The molecule has 0 aliphatic carbocycles. The number of hydrogen-bond acceptors (Lipinski definition) is 3. The molecule has 2 aromatic rings. The van der Waals surface area contributed by atoms with Crippen molar-refractivity contribution >= 4 is 22.7 Å². The largest absolute Gasteiger partial charge is 0.361 e. The lowest BCUT2D eigenvalue weighted by atomic mass is 10.1. The molecule has 0 bridgehead atoms. The Hall–Kier alpha value is -2.34. The van der Waals surface area contributed by atoms with Crippen LogP contribution in [0.2, 0.25) is 0 Å². The van der Waals surface area contributed by atoms with Crippen LogP contribution in [0.1, 0.15) is 25.8 Å². The summed E-state index contributed by atoms with van der Waals surface area (Å²) in [6.45, 7) is 6.12. The molecular weight excluding hydrogens is 316 g/mol. The van der Waals surface area contributed by atoms with Gasteiger partial charge < -0.3 is 15.6 Å². The lowest BCUT2D eigenvalue weighted by Gasteiger charge is -2.37. The van der Waals surface area contributed by atoms with Crippen molar-refractivity contribution in [2.45, 2.75) is 38.8 Å². The highest BCUT2D eigenvalue weighted by atomic mass is 16.2. The zero-order chi connectivity index (χ0) is 17.8. The summed E-state index contributed by atoms with van der Waals surface area (Å²) in [6.07, 6.45) is 2.96. The highest BCUT2D eigenvalue weighted by Gasteiger charge is 2.32. The highest BCUT2D eigenvalue weighted by Crippen LogP contribution is 2.18. The van der Waals surface area contributed by atoms with E-state index in [1.165, 1.54) is 10.9 Å². The van der Waals surface area contributed by atoms with E-state index in [1.54, 1.807) is 0 Å². The van der Waals surface area contributed by atoms with Crippen molar-refractivity contribution in [1.82, 2.24) is 20.5 Å². The minimum atomic E-state index is -0.373. The van der Waals surface area contributed by atoms with Gasteiger partial charge >= 0.3 is 0 Å². The van der Waals surface area contributed by atoms with E-state index in [0.29, 0.717) is 13.1 Å². The number of carbonyl (C=O) groups excluding carboxylic acids is 2. The fourth-order valence-electron chi connectivity index (χ4n) is 3.48. The van der Waals surface area contributed by atoms with E-state index < -0.39 is 0 Å². The molecule has 6 heteroatoms. The van der Waals surface area contributed by atoms with Crippen LogP contribution in [0.25, 0.3) is 10.9 Å². The molecule has 0 saturated carbocycles. The molecule has 1 atom stereocenters. The molecule has 1 aliphatic rings. The first-order valence-electron chi connectivity index (χ1n) is 8.91. The second-order valence-electron chi connectivity index (χ2n) is 6.80. The van der Waals surface area contributed by atoms with Crippen LogP contribution in [0.4, 0.5) is 0 Å². The maximum atomic E-state index is 12.3. The molecule has 1 aromatic carbocycles. The second-order valence-corrected chi connectivity index (χ2v) is 6.80. The lowest BCUT2D eigenvalue weighted by Crippen LogP contribution is -2.58. The Morgan fingerprint density at radius 3 is 2.96 bits per heavy atom. The normalized spacial score (nSPS) is 18.5. The lowest BCUT2D eigenvalue weighted by molar-refractivity contribution is -0.134. The summed E-state index contributed by atoms with van der Waals surface area (Å²) in [7, 11) is 0. The number of piperazine rings is 1. The standard InChI is InChI=1S/C19H26N4O2/c1-13(2)23-10-9-21-19(25)17(23)11-18(24)20-8-7-14-12-22-16-6-4-3-5-15(14)16/h3-6,12-13,17,22H,7-11H2,1-2H3,(H,20,24)(H,21,25). The van der Waals surface area contributed by atoms with Gasteiger partial charge in [-0.2, -0.15) is 0 Å². The first kappa shape index (κ1) is 17.5. The summed E-state index contributed by atoms with van der Waals surface area (Å²) in [5.74, 6) is -0.126. The van der Waals surface area contributed by atoms with Crippen molar-refractivity contribution in [3.8, 4) is 0 Å². The molecule has 1 fully saturated rings. The number of para-hydroxylation sites is 1. The molecule has 25 heavy (non-hydrogen) atoms. The zero-order valence-electron chi connectivity index (χ0n) is 14.8. The van der Waals surface area contributed by atoms with Gasteiger partial charge in [-0.15, -0.1) is 0 Å². The summed E-state index contributed by atoms with van der Waals surface area (Å²) in [5.41, 5.74) is 2.30. The van der Waals surface area contributed by atoms with E-state index in [0.717, 1.165) is 18.5 Å². The third-order valence-corrected chi connectivity index (χ3v) is 4.81. The zero-order valence-corrected chi connectivity index (χ0v) is 14.8. The smallest absolute Gasteiger partial charge is 0.237 e. The molecule has 0 radical (unpaired) electrons. The first-order chi connectivity index (χ1) is 12.1. The third-order valence-electron chi connectivity index (χ3n) is 4.81. The molecule has 134 valence electrons. The van der Waals surface area contributed by atoms with Gasteiger partial charge in [0.1, 0.15) is 0 Å². The van der Waals surface area contributed by atoms with E-state index in [1.807, 2.05) is 24.4 Å². The van der Waals surface area contributed by atoms with Crippen molar-refractivity contribution < 1.29 is 9.59 Å². The van der Waals surface area contributed by atoms with E-state index in [9.17, 15) is 9.59 Å². The minimum Gasteiger partial charge on any atom is -0.361 e. The summed E-state index contributed by atoms with van der Waals surface area (Å²) in [6, 6.07) is 8.01. The number of benzene rings is 1. The molecule has 2 heterocycles. The Bertz CT molecular complexity index is 753. The van der Waals surface area contributed by atoms with Crippen LogP contribution in [-0.4, -0.2) is 53.4 Å². The summed E-state index contributed by atoms with van der Waals surface area (Å²) >= 11 is 0. The molecule has 3 N–H and O–H groups in total. The molecule has 0 spiro atoms. The SMILES string of the molecule is CC(C)N1CCNC(=O)C1CC(=O)NCCc1c[nH]c2ccccc12. The van der Waals surface area contributed by atoms with E-state index >= 15 is 0 Å². The van der Waals surface area contributed by atoms with Gasteiger partial charge in [-0.05, 0) is 31.9 Å². The van der Waals surface area contributed by atoms with Crippen molar-refractivity contribution in [3.05, 3.63) is 36.0 Å². The van der Waals surface area contributed by atoms with E-state index in [4.69, 9.17) is 0 Å². The monoisotopic (exact) mass is 342 g/mol. The maximum absolute atomic E-state index is 12.3. The number of hydrogen-bond donors (Lipinski definition) is 3. The Morgan fingerprint density at radius 1 is 1.36 bits per heavy atom. The van der Waals surface area contributed by atoms with E-state index in [2.05, 4.69) is 40.4 Å². The van der Waals surface area contributed by atoms with Gasteiger partial charge in [0.05, 0.1) is 12.5 Å². The quantitative estimate of drug-likeness (QED) is 0.743. The predicted octanol–water partition coefficient (Wildman–Crippen LogP) is 1.43. The van der Waals surface area contributed by atoms with Crippen molar-refractivity contribution in [2.24, 2.45) is 0 Å². The average molecular weight is 342 g/mol. The topological polar surface area (TPSA) is 77.2 Å². The van der Waals surface area contributed by atoms with Crippen molar-refractivity contribution in [2.75, 3.05) is 19.6 Å². The summed E-state index contributed by atoms with van der Waals surface area (Å²) < 4.78 is 0. The van der Waals surface area contributed by atoms with Crippen molar-refractivity contribution in [3.63, 3.8) is 0 Å². The minimum absolute atomic E-state index is 0.0493. The van der Waals surface area contributed by atoms with Crippen LogP contribution in [-0.2, 0) is 16.0 Å². The van der Waals surface area contributed by atoms with Crippen LogP contribution >= 0.6 is 0 Å². The first-order valence-corrected chi connectivity index (χ1v) is 8.91. The van der Waals surface area contributed by atoms with Crippen LogP contribution in [0.15, 0.2) is 30.5 Å². The molecule has 1 aromatic heterocycles. The average Bonchev–Trinajstić information content (AvgIpc) is 3.00. The number of amides is 2. The number of aromatic amines is 1. The molecular formula is C19H26N4O2. The second kappa shape index (κ2) is 7.70. The number of carbonyl (C=O) groups is 2. The van der Waals surface area contributed by atoms with Gasteiger partial charge in [0.25, 0.3) is 0 Å². The molecule has 1 unspecified atom stereocenters. The number of aromatic nitrogens is 1. The number of nitrogens with one attached hydrogen (secondary N) is 3. The molecule has 1 saturated heterocycles. The number of rotatable bonds is 6. The van der Waals surface area contributed by atoms with Gasteiger partial charge in [0.15, 0.2) is 0 Å². The molecule has 1 aliphatic heterocycles. The van der Waals surface area contributed by atoms with Gasteiger partial charge in [-0.25, -0.2) is 0 Å². The van der Waals surface area contributed by atoms with E-state index in [-0.39, 0.29) is 30.3 Å². The fraction of sp³-hybridized carbons (Fsp3) is 0.474. The van der Waals surface area contributed by atoms with Crippen LogP contribution in [0.3, 0.4) is 0 Å². The van der Waals surface area contributed by atoms with Crippen LogP contribution in [0, 0.1) is 0 Å². The number of H-pyrrole nitrogens is 1. The number of fused-ring (bicyclic) bond motifs is 1. The highest BCUT2D eigenvalue weighted by molar-refractivity contribution is 5.89. The Labute approximate surface area is 148 Å². The number of nitrogens with zero attached hydrogens (tertiary/aromatic N) is 1. The Balaban J connectivity index is 1.53. The van der Waals surface area contributed by atoms with Gasteiger partial charge in [-0.3, -0.25) is 14.5 Å². The van der Waals surface area contributed by atoms with Crippen LogP contribution < -0.4 is 10.6 Å². The predicted molar refractivity (Wildman–Crippen MR) is 98.3 cm³/mol. The van der Waals surface area contributed by atoms with Gasteiger partial charge in [0.2, 0.25) is 11.8 Å². The summed E-state index contributed by atoms with van der Waals surface area (Å²) in [5, 5.41) is 7.00.